The van der Waals surface area contributed by atoms with Crippen molar-refractivity contribution in [2.24, 2.45) is 0 Å². The van der Waals surface area contributed by atoms with Crippen molar-refractivity contribution in [1.29, 1.82) is 0 Å². The van der Waals surface area contributed by atoms with Crippen LogP contribution in [0.15, 0.2) is 53.0 Å². The second-order valence-electron chi connectivity index (χ2n) is 6.78. The van der Waals surface area contributed by atoms with Crippen molar-refractivity contribution in [3.8, 4) is 0 Å². The standard InChI is InChI=1S/C21H22Cl2FN3O/c1-15-7-8-17(13-18(15)24)19(20(22)23)25-21(28)27-11-9-26(10-12-27)14-16-5-3-2-4-6-16/h2-8,13H,9-12,14H2,1H3,(H,25,28). The molecule has 0 bridgehead atoms. The van der Waals surface area contributed by atoms with E-state index in [2.05, 4.69) is 22.3 Å². The van der Waals surface area contributed by atoms with Gasteiger partial charge in [-0.25, -0.2) is 9.18 Å². The predicted octanol–water partition coefficient (Wildman–Crippen LogP) is 4.77. The van der Waals surface area contributed by atoms with E-state index in [1.54, 1.807) is 24.0 Å². The highest BCUT2D eigenvalue weighted by Crippen LogP contribution is 2.24. The van der Waals surface area contributed by atoms with Crippen molar-refractivity contribution in [2.75, 3.05) is 26.2 Å². The molecule has 2 aromatic rings. The fourth-order valence-electron chi connectivity index (χ4n) is 3.11. The van der Waals surface area contributed by atoms with Crippen molar-refractivity contribution >= 4 is 34.9 Å². The zero-order valence-electron chi connectivity index (χ0n) is 15.6. The minimum Gasteiger partial charge on any atom is -0.322 e. The molecule has 0 saturated carbocycles. The summed E-state index contributed by atoms with van der Waals surface area (Å²) in [5.41, 5.74) is 2.40. The molecular weight excluding hydrogens is 400 g/mol. The van der Waals surface area contributed by atoms with Gasteiger partial charge in [-0.3, -0.25) is 4.90 Å². The number of halogens is 3. The van der Waals surface area contributed by atoms with E-state index in [0.717, 1.165) is 19.6 Å². The van der Waals surface area contributed by atoms with Crippen LogP contribution in [0.1, 0.15) is 16.7 Å². The summed E-state index contributed by atoms with van der Waals surface area (Å²) in [6.07, 6.45) is 0. The average molecular weight is 422 g/mol. The maximum Gasteiger partial charge on any atom is 0.322 e. The van der Waals surface area contributed by atoms with Crippen LogP contribution >= 0.6 is 23.2 Å². The molecular formula is C21H22Cl2FN3O. The fraction of sp³-hybridized carbons (Fsp3) is 0.286. The first-order chi connectivity index (χ1) is 13.4. The molecule has 2 amide bonds. The second kappa shape index (κ2) is 9.41. The molecule has 2 aromatic carbocycles. The molecule has 1 heterocycles. The number of benzene rings is 2. The van der Waals surface area contributed by atoms with Gasteiger partial charge in [0, 0.05) is 38.3 Å². The van der Waals surface area contributed by atoms with Crippen LogP contribution in [0.5, 0.6) is 0 Å². The molecule has 1 fully saturated rings. The van der Waals surface area contributed by atoms with Crippen LogP contribution in [0.3, 0.4) is 0 Å². The highest BCUT2D eigenvalue weighted by molar-refractivity contribution is 6.58. The number of hydrogen-bond donors (Lipinski definition) is 1. The Balaban J connectivity index is 1.59. The molecule has 0 unspecified atom stereocenters. The van der Waals surface area contributed by atoms with Crippen molar-refractivity contribution in [3.05, 3.63) is 75.5 Å². The summed E-state index contributed by atoms with van der Waals surface area (Å²) in [6, 6.07) is 14.6. The number of amides is 2. The smallest absolute Gasteiger partial charge is 0.322 e. The third kappa shape index (κ3) is 5.25. The first-order valence-electron chi connectivity index (χ1n) is 9.08. The third-order valence-electron chi connectivity index (χ3n) is 4.79. The van der Waals surface area contributed by atoms with Crippen molar-refractivity contribution in [1.82, 2.24) is 15.1 Å². The van der Waals surface area contributed by atoms with Gasteiger partial charge in [-0.2, -0.15) is 0 Å². The van der Waals surface area contributed by atoms with Gasteiger partial charge in [0.05, 0.1) is 5.70 Å². The summed E-state index contributed by atoms with van der Waals surface area (Å²) >= 11 is 11.9. The minimum absolute atomic E-state index is 0.112. The van der Waals surface area contributed by atoms with Crippen molar-refractivity contribution in [3.63, 3.8) is 0 Å². The van der Waals surface area contributed by atoms with Gasteiger partial charge in [-0.1, -0.05) is 65.7 Å². The molecule has 0 atom stereocenters. The van der Waals surface area contributed by atoms with Gasteiger partial charge in [-0.05, 0) is 24.1 Å². The molecule has 0 aromatic heterocycles. The zero-order valence-corrected chi connectivity index (χ0v) is 17.1. The lowest BCUT2D eigenvalue weighted by molar-refractivity contribution is 0.137. The molecule has 0 radical (unpaired) electrons. The van der Waals surface area contributed by atoms with E-state index in [0.29, 0.717) is 24.2 Å². The summed E-state index contributed by atoms with van der Waals surface area (Å²) in [4.78, 5) is 16.7. The van der Waals surface area contributed by atoms with E-state index >= 15 is 0 Å². The topological polar surface area (TPSA) is 35.6 Å². The quantitative estimate of drug-likeness (QED) is 0.771. The van der Waals surface area contributed by atoms with E-state index in [4.69, 9.17) is 23.2 Å². The number of carbonyl (C=O) groups is 1. The van der Waals surface area contributed by atoms with Gasteiger partial charge in [0.25, 0.3) is 0 Å². The molecule has 7 heteroatoms. The van der Waals surface area contributed by atoms with Crippen LogP contribution in [0, 0.1) is 12.7 Å². The predicted molar refractivity (Wildman–Crippen MR) is 112 cm³/mol. The Kier molecular flexibility index (Phi) is 6.94. The van der Waals surface area contributed by atoms with Crippen LogP contribution < -0.4 is 5.32 Å². The van der Waals surface area contributed by atoms with Gasteiger partial charge in [0.1, 0.15) is 10.3 Å². The largest absolute Gasteiger partial charge is 0.322 e. The Morgan fingerprint density at radius 3 is 2.36 bits per heavy atom. The lowest BCUT2D eigenvalue weighted by Crippen LogP contribution is -2.51. The summed E-state index contributed by atoms with van der Waals surface area (Å²) in [5.74, 6) is -0.381. The Morgan fingerprint density at radius 2 is 1.75 bits per heavy atom. The van der Waals surface area contributed by atoms with Crippen LogP contribution in [0.4, 0.5) is 9.18 Å². The SMILES string of the molecule is Cc1ccc(C(NC(=O)N2CCN(Cc3ccccc3)CC2)=C(Cl)Cl)cc1F. The van der Waals surface area contributed by atoms with Gasteiger partial charge >= 0.3 is 6.03 Å². The molecule has 0 spiro atoms. The lowest BCUT2D eigenvalue weighted by Gasteiger charge is -2.35. The number of aryl methyl sites for hydroxylation is 1. The van der Waals surface area contributed by atoms with Crippen LogP contribution in [-0.4, -0.2) is 42.0 Å². The Labute approximate surface area is 174 Å². The zero-order chi connectivity index (χ0) is 20.1. The Morgan fingerprint density at radius 1 is 1.07 bits per heavy atom. The summed E-state index contributed by atoms with van der Waals surface area (Å²) in [7, 11) is 0. The van der Waals surface area contributed by atoms with E-state index in [9.17, 15) is 9.18 Å². The number of hydrogen-bond acceptors (Lipinski definition) is 2. The molecule has 0 aliphatic carbocycles. The van der Waals surface area contributed by atoms with Gasteiger partial charge < -0.3 is 10.2 Å². The van der Waals surface area contributed by atoms with Gasteiger partial charge in [0.15, 0.2) is 0 Å². The van der Waals surface area contributed by atoms with Crippen molar-refractivity contribution < 1.29 is 9.18 Å². The summed E-state index contributed by atoms with van der Waals surface area (Å²) < 4.78 is 13.8. The number of rotatable bonds is 4. The number of nitrogens with one attached hydrogen (secondary N) is 1. The third-order valence-corrected chi connectivity index (χ3v) is 5.17. The van der Waals surface area contributed by atoms with Crippen LogP contribution in [0.25, 0.3) is 5.70 Å². The number of piperazine rings is 1. The fourth-order valence-corrected chi connectivity index (χ4v) is 3.43. The Hall–Kier alpha value is -2.08. The molecule has 1 saturated heterocycles. The highest BCUT2D eigenvalue weighted by Gasteiger charge is 2.23. The summed E-state index contributed by atoms with van der Waals surface area (Å²) in [6.45, 7) is 5.25. The normalized spacial score (nSPS) is 14.6. The average Bonchev–Trinajstić information content (AvgIpc) is 2.69. The maximum absolute atomic E-state index is 13.9. The van der Waals surface area contributed by atoms with Gasteiger partial charge in [0.2, 0.25) is 0 Å². The molecule has 1 aliphatic heterocycles. The lowest BCUT2D eigenvalue weighted by atomic mass is 10.1. The Bertz CT molecular complexity index is 861. The van der Waals surface area contributed by atoms with E-state index in [-0.39, 0.29) is 22.0 Å². The van der Waals surface area contributed by atoms with E-state index in [1.165, 1.54) is 11.6 Å². The van der Waals surface area contributed by atoms with E-state index in [1.807, 2.05) is 18.2 Å². The molecule has 28 heavy (non-hydrogen) atoms. The number of nitrogens with zero attached hydrogens (tertiary/aromatic N) is 2. The minimum atomic E-state index is -0.381. The molecule has 1 aliphatic rings. The van der Waals surface area contributed by atoms with E-state index < -0.39 is 0 Å². The first-order valence-corrected chi connectivity index (χ1v) is 9.83. The molecule has 4 nitrogen and oxygen atoms in total. The number of urea groups is 1. The van der Waals surface area contributed by atoms with Gasteiger partial charge in [-0.15, -0.1) is 0 Å². The molecule has 1 N–H and O–H groups in total. The molecule has 148 valence electrons. The first kappa shape index (κ1) is 20.6. The maximum atomic E-state index is 13.9. The van der Waals surface area contributed by atoms with Crippen molar-refractivity contribution in [2.45, 2.75) is 13.5 Å². The summed E-state index contributed by atoms with van der Waals surface area (Å²) in [5, 5.41) is 2.73. The monoisotopic (exact) mass is 421 g/mol. The van der Waals surface area contributed by atoms with Crippen LogP contribution in [-0.2, 0) is 6.54 Å². The van der Waals surface area contributed by atoms with Crippen LogP contribution in [0.2, 0.25) is 0 Å². The highest BCUT2D eigenvalue weighted by atomic mass is 35.5. The molecule has 3 rings (SSSR count). The number of carbonyl (C=O) groups excluding carboxylic acids is 1. The second-order valence-corrected chi connectivity index (χ2v) is 7.73.